The molecule has 5 nitrogen and oxygen atoms in total. The number of hydrogen-bond acceptors (Lipinski definition) is 4. The molecule has 0 bridgehead atoms. The fourth-order valence-electron chi connectivity index (χ4n) is 3.23. The van der Waals surface area contributed by atoms with Crippen molar-refractivity contribution in [2.75, 3.05) is 19.6 Å². The smallest absolute Gasteiger partial charge is 0.433 e. The summed E-state index contributed by atoms with van der Waals surface area (Å²) < 4.78 is 67.6. The Morgan fingerprint density at radius 3 is 2.47 bits per heavy atom. The van der Waals surface area contributed by atoms with E-state index in [1.165, 1.54) is 18.3 Å². The number of benzene rings is 1. The predicted octanol–water partition coefficient (Wildman–Crippen LogP) is 3.94. The van der Waals surface area contributed by atoms with E-state index in [4.69, 9.17) is 0 Å². The summed E-state index contributed by atoms with van der Waals surface area (Å²) in [5.41, 5.74) is 0.138. The summed E-state index contributed by atoms with van der Waals surface area (Å²) in [6, 6.07) is 8.61. The Morgan fingerprint density at radius 1 is 1.03 bits per heavy atom. The van der Waals surface area contributed by atoms with Crippen LogP contribution in [0.1, 0.15) is 23.2 Å². The van der Waals surface area contributed by atoms with Crippen LogP contribution in [0.2, 0.25) is 0 Å². The molecule has 2 heterocycles. The van der Waals surface area contributed by atoms with E-state index in [9.17, 15) is 26.7 Å². The lowest BCUT2D eigenvalue weighted by atomic mass is 10.2. The summed E-state index contributed by atoms with van der Waals surface area (Å²) in [6.07, 6.45) is -3.09. The third kappa shape index (κ3) is 5.88. The predicted molar refractivity (Wildman–Crippen MR) is 97.6 cm³/mol. The Bertz CT molecular complexity index is 858. The molecule has 0 spiro atoms. The van der Waals surface area contributed by atoms with Crippen LogP contribution in [0, 0.1) is 0 Å². The molecule has 1 aromatic carbocycles. The number of carbonyl (C=O) groups excluding carboxylic acids is 1. The van der Waals surface area contributed by atoms with Gasteiger partial charge in [-0.15, -0.1) is 0 Å². The van der Waals surface area contributed by atoms with Crippen molar-refractivity contribution in [1.29, 1.82) is 0 Å². The van der Waals surface area contributed by atoms with Gasteiger partial charge in [0.1, 0.15) is 11.4 Å². The lowest BCUT2D eigenvalue weighted by Gasteiger charge is -2.23. The van der Waals surface area contributed by atoms with Gasteiger partial charge < -0.3 is 9.64 Å². The van der Waals surface area contributed by atoms with Crippen LogP contribution >= 0.6 is 0 Å². The van der Waals surface area contributed by atoms with Crippen LogP contribution in [0.5, 0.6) is 5.75 Å². The molecule has 1 aliphatic heterocycles. The Balaban J connectivity index is 1.62. The summed E-state index contributed by atoms with van der Waals surface area (Å²) in [5.74, 6) is -0.105. The quantitative estimate of drug-likeness (QED) is 0.653. The van der Waals surface area contributed by atoms with E-state index >= 15 is 0 Å². The van der Waals surface area contributed by atoms with Crippen LogP contribution in [0.15, 0.2) is 42.6 Å². The SMILES string of the molecule is O=C1CCN(Cc2ccc(C(F)(F)F)nc2)CCN1Cc1ccccc1OC(F)F. The number of halogens is 5. The first kappa shape index (κ1) is 21.9. The van der Waals surface area contributed by atoms with Gasteiger partial charge in [0.2, 0.25) is 5.91 Å². The van der Waals surface area contributed by atoms with Gasteiger partial charge >= 0.3 is 12.8 Å². The molecule has 0 saturated carbocycles. The Kier molecular flexibility index (Phi) is 6.86. The fourth-order valence-corrected chi connectivity index (χ4v) is 3.23. The zero-order valence-corrected chi connectivity index (χ0v) is 15.9. The van der Waals surface area contributed by atoms with Gasteiger partial charge in [-0.1, -0.05) is 24.3 Å². The average Bonchev–Trinajstić information content (AvgIpc) is 2.85. The monoisotopic (exact) mass is 429 g/mol. The molecule has 2 aromatic rings. The molecule has 1 aromatic heterocycles. The van der Waals surface area contributed by atoms with Crippen molar-refractivity contribution in [2.45, 2.75) is 32.3 Å². The van der Waals surface area contributed by atoms with Gasteiger partial charge in [-0.05, 0) is 17.7 Å². The molecule has 162 valence electrons. The van der Waals surface area contributed by atoms with Gasteiger partial charge in [-0.3, -0.25) is 14.7 Å². The maximum Gasteiger partial charge on any atom is 0.433 e. The minimum Gasteiger partial charge on any atom is -0.434 e. The highest BCUT2D eigenvalue weighted by atomic mass is 19.4. The number of hydrogen-bond donors (Lipinski definition) is 0. The molecule has 1 fully saturated rings. The van der Waals surface area contributed by atoms with Crippen molar-refractivity contribution >= 4 is 5.91 Å². The summed E-state index contributed by atoms with van der Waals surface area (Å²) in [7, 11) is 0. The first-order chi connectivity index (χ1) is 14.2. The molecule has 10 heteroatoms. The highest BCUT2D eigenvalue weighted by Crippen LogP contribution is 2.27. The molecule has 0 unspecified atom stereocenters. The van der Waals surface area contributed by atoms with E-state index in [2.05, 4.69) is 9.72 Å². The van der Waals surface area contributed by atoms with Gasteiger partial charge in [0.25, 0.3) is 0 Å². The summed E-state index contributed by atoms with van der Waals surface area (Å²) >= 11 is 0. The third-order valence-electron chi connectivity index (χ3n) is 4.75. The third-order valence-corrected chi connectivity index (χ3v) is 4.75. The zero-order valence-electron chi connectivity index (χ0n) is 15.9. The second-order valence-electron chi connectivity index (χ2n) is 6.88. The lowest BCUT2D eigenvalue weighted by Crippen LogP contribution is -2.33. The van der Waals surface area contributed by atoms with Crippen LogP contribution in [-0.2, 0) is 24.1 Å². The van der Waals surface area contributed by atoms with Gasteiger partial charge in [0, 0.05) is 50.9 Å². The average molecular weight is 429 g/mol. The zero-order chi connectivity index (χ0) is 21.7. The number of para-hydroxylation sites is 1. The van der Waals surface area contributed by atoms with Crippen molar-refractivity contribution in [2.24, 2.45) is 0 Å². The molecule has 1 aliphatic rings. The van der Waals surface area contributed by atoms with Gasteiger partial charge in [0.05, 0.1) is 0 Å². The van der Waals surface area contributed by atoms with E-state index in [1.807, 2.05) is 4.90 Å². The largest absolute Gasteiger partial charge is 0.434 e. The Labute approximate surface area is 170 Å². The second-order valence-corrected chi connectivity index (χ2v) is 6.88. The Morgan fingerprint density at radius 2 is 1.80 bits per heavy atom. The lowest BCUT2D eigenvalue weighted by molar-refractivity contribution is -0.141. The van der Waals surface area contributed by atoms with Crippen LogP contribution < -0.4 is 4.74 Å². The number of aromatic nitrogens is 1. The molecular formula is C20H20F5N3O2. The number of rotatable bonds is 6. The standard InChI is InChI=1S/C20H20F5N3O2/c21-19(22)30-16-4-2-1-3-15(16)13-28-10-9-27(8-7-18(28)29)12-14-5-6-17(26-11-14)20(23,24)25/h1-6,11,19H,7-10,12-13H2. The normalized spacial score (nSPS) is 16.1. The van der Waals surface area contributed by atoms with Crippen LogP contribution in [0.4, 0.5) is 22.0 Å². The van der Waals surface area contributed by atoms with Crippen molar-refractivity contribution in [3.63, 3.8) is 0 Å². The summed E-state index contributed by atoms with van der Waals surface area (Å²) in [6.45, 7) is -1.18. The molecule has 30 heavy (non-hydrogen) atoms. The Hall–Kier alpha value is -2.75. The molecule has 0 N–H and O–H groups in total. The maximum atomic E-state index is 12.6. The van der Waals surface area contributed by atoms with E-state index < -0.39 is 18.5 Å². The number of alkyl halides is 5. The number of amides is 1. The van der Waals surface area contributed by atoms with E-state index in [-0.39, 0.29) is 24.6 Å². The highest BCUT2D eigenvalue weighted by molar-refractivity contribution is 5.76. The topological polar surface area (TPSA) is 45.7 Å². The highest BCUT2D eigenvalue weighted by Gasteiger charge is 2.32. The van der Waals surface area contributed by atoms with Gasteiger partial charge in [-0.2, -0.15) is 22.0 Å². The minimum atomic E-state index is -4.49. The molecule has 3 rings (SSSR count). The second kappa shape index (κ2) is 9.38. The van der Waals surface area contributed by atoms with Crippen LogP contribution in [0.25, 0.3) is 0 Å². The van der Waals surface area contributed by atoms with Crippen molar-refractivity contribution < 1.29 is 31.5 Å². The van der Waals surface area contributed by atoms with Crippen molar-refractivity contribution in [3.8, 4) is 5.75 Å². The summed E-state index contributed by atoms with van der Waals surface area (Å²) in [5, 5.41) is 0. The number of carbonyl (C=O) groups is 1. The molecule has 0 aliphatic carbocycles. The minimum absolute atomic E-state index is 0.0252. The number of ether oxygens (including phenoxy) is 1. The first-order valence-electron chi connectivity index (χ1n) is 9.27. The summed E-state index contributed by atoms with van der Waals surface area (Å²) in [4.78, 5) is 19.4. The fraction of sp³-hybridized carbons (Fsp3) is 0.400. The molecular weight excluding hydrogens is 409 g/mol. The molecule has 0 radical (unpaired) electrons. The number of nitrogens with zero attached hydrogens (tertiary/aromatic N) is 3. The molecule has 1 saturated heterocycles. The van der Waals surface area contributed by atoms with E-state index in [1.54, 1.807) is 23.1 Å². The van der Waals surface area contributed by atoms with E-state index in [0.29, 0.717) is 37.3 Å². The van der Waals surface area contributed by atoms with Gasteiger partial charge in [0.15, 0.2) is 0 Å². The van der Waals surface area contributed by atoms with Crippen molar-refractivity contribution in [3.05, 3.63) is 59.4 Å². The van der Waals surface area contributed by atoms with E-state index in [0.717, 1.165) is 6.07 Å². The first-order valence-corrected chi connectivity index (χ1v) is 9.27. The van der Waals surface area contributed by atoms with Crippen LogP contribution in [0.3, 0.4) is 0 Å². The number of pyridine rings is 1. The maximum absolute atomic E-state index is 12.6. The molecule has 1 amide bonds. The molecule has 0 atom stereocenters. The van der Waals surface area contributed by atoms with Crippen LogP contribution in [-0.4, -0.2) is 46.9 Å². The van der Waals surface area contributed by atoms with Crippen molar-refractivity contribution in [1.82, 2.24) is 14.8 Å². The van der Waals surface area contributed by atoms with Gasteiger partial charge in [-0.25, -0.2) is 0 Å².